The molecule has 0 aromatic carbocycles. The largest absolute Gasteiger partial charge is 0.480 e. The van der Waals surface area contributed by atoms with E-state index in [1.54, 1.807) is 62.3 Å². The summed E-state index contributed by atoms with van der Waals surface area (Å²) < 4.78 is 15.6. The van der Waals surface area contributed by atoms with E-state index in [4.69, 9.17) is 14.2 Å². The molecule has 0 bridgehead atoms. The first kappa shape index (κ1) is 44.2. The van der Waals surface area contributed by atoms with Gasteiger partial charge in [0.25, 0.3) is 0 Å². The number of ether oxygens (including phenoxy) is 3. The van der Waals surface area contributed by atoms with Crippen LogP contribution < -0.4 is 26.6 Å². The maximum atomic E-state index is 12.9. The molecule has 0 heterocycles. The van der Waals surface area contributed by atoms with Crippen molar-refractivity contribution in [1.29, 1.82) is 0 Å². The molecule has 0 aliphatic carbocycles. The monoisotopic (exact) mass is 687 g/mol. The van der Waals surface area contributed by atoms with E-state index in [0.29, 0.717) is 77.4 Å². The number of alkyl carbamates (subject to hydrolysis) is 3. The van der Waals surface area contributed by atoms with Crippen molar-refractivity contribution in [2.24, 2.45) is 0 Å². The second-order valence-corrected chi connectivity index (χ2v) is 14.6. The van der Waals surface area contributed by atoms with Gasteiger partial charge in [-0.25, -0.2) is 19.2 Å². The van der Waals surface area contributed by atoms with Crippen LogP contribution in [0.1, 0.15) is 127 Å². The lowest BCUT2D eigenvalue weighted by Gasteiger charge is -2.23. The number of carbonyl (C=O) groups is 6. The molecule has 15 nitrogen and oxygen atoms in total. The first-order chi connectivity index (χ1) is 22.1. The molecule has 0 saturated heterocycles. The minimum absolute atomic E-state index is 0.122. The fourth-order valence-electron chi connectivity index (χ4n) is 4.12. The zero-order valence-corrected chi connectivity index (χ0v) is 30.5. The first-order valence-electron chi connectivity index (χ1n) is 16.8. The van der Waals surface area contributed by atoms with Crippen LogP contribution in [0.3, 0.4) is 0 Å². The van der Waals surface area contributed by atoms with Crippen molar-refractivity contribution in [3.05, 3.63) is 0 Å². The number of rotatable bonds is 20. The molecule has 15 heteroatoms. The molecule has 5 amide bonds. The van der Waals surface area contributed by atoms with Crippen LogP contribution in [0.4, 0.5) is 14.4 Å². The van der Waals surface area contributed by atoms with Gasteiger partial charge in [0.05, 0.1) is 0 Å². The van der Waals surface area contributed by atoms with Gasteiger partial charge < -0.3 is 45.9 Å². The molecule has 0 unspecified atom stereocenters. The van der Waals surface area contributed by atoms with Crippen molar-refractivity contribution in [1.82, 2.24) is 26.6 Å². The maximum absolute atomic E-state index is 12.9. The van der Waals surface area contributed by atoms with E-state index in [9.17, 15) is 33.9 Å². The lowest BCUT2D eigenvalue weighted by molar-refractivity contribution is -0.139. The normalized spacial score (nSPS) is 12.9. The van der Waals surface area contributed by atoms with Gasteiger partial charge in [-0.3, -0.25) is 9.59 Å². The molecule has 0 aliphatic heterocycles. The van der Waals surface area contributed by atoms with Gasteiger partial charge in [-0.2, -0.15) is 0 Å². The Morgan fingerprint density at radius 3 is 1.44 bits per heavy atom. The maximum Gasteiger partial charge on any atom is 0.408 e. The average Bonchev–Trinajstić information content (AvgIpc) is 2.89. The predicted octanol–water partition coefficient (Wildman–Crippen LogP) is 4.52. The highest BCUT2D eigenvalue weighted by molar-refractivity contribution is 5.85. The van der Waals surface area contributed by atoms with Gasteiger partial charge in [-0.15, -0.1) is 0 Å². The molecule has 0 spiro atoms. The quantitative estimate of drug-likeness (QED) is 0.0779. The minimum Gasteiger partial charge on any atom is -0.480 e. The number of nitrogens with one attached hydrogen (secondary N) is 5. The summed E-state index contributed by atoms with van der Waals surface area (Å²) in [5.41, 5.74) is -2.06. The van der Waals surface area contributed by atoms with Crippen molar-refractivity contribution >= 4 is 36.1 Å². The fourth-order valence-corrected chi connectivity index (χ4v) is 4.12. The van der Waals surface area contributed by atoms with Crippen molar-refractivity contribution in [2.45, 2.75) is 155 Å². The number of carboxylic acids is 1. The van der Waals surface area contributed by atoms with Gasteiger partial charge in [0.15, 0.2) is 0 Å². The standard InChI is InChI=1S/C33H61N5O10/c1-31(2,3)46-28(43)36-22-16-12-17-23(37-29(44)47-32(4,5)6)26(40)35-21-14-10-11-19-25(39)34-20-15-13-18-24(27(41)42)38-30(45)48-33(7,8)9/h23-24H,10-22H2,1-9H3,(H,34,39)(H,35,40)(H,36,43)(H,37,44)(H,38,45)(H,41,42)/t23-,24-/m0/s1. The molecule has 0 fully saturated rings. The Bertz CT molecular complexity index is 1030. The number of hydrogen-bond acceptors (Lipinski definition) is 9. The summed E-state index contributed by atoms with van der Waals surface area (Å²) >= 11 is 0. The van der Waals surface area contributed by atoms with Crippen molar-refractivity contribution in [2.75, 3.05) is 19.6 Å². The Hall–Kier alpha value is -3.78. The van der Waals surface area contributed by atoms with Crippen molar-refractivity contribution < 1.29 is 48.1 Å². The number of unbranched alkanes of at least 4 members (excludes halogenated alkanes) is 4. The zero-order chi connectivity index (χ0) is 37.0. The van der Waals surface area contributed by atoms with Gasteiger partial charge in [-0.05, 0) is 114 Å². The van der Waals surface area contributed by atoms with Crippen LogP contribution in [0.2, 0.25) is 0 Å². The van der Waals surface area contributed by atoms with Crippen LogP contribution in [-0.4, -0.2) is 89.7 Å². The Balaban J connectivity index is 4.40. The van der Waals surface area contributed by atoms with Crippen LogP contribution in [0, 0.1) is 0 Å². The van der Waals surface area contributed by atoms with E-state index in [0.717, 1.165) is 0 Å². The number of aliphatic carboxylic acids is 1. The Labute approximate surface area is 285 Å². The van der Waals surface area contributed by atoms with Crippen LogP contribution in [0.15, 0.2) is 0 Å². The molecule has 0 aromatic rings. The van der Waals surface area contributed by atoms with Gasteiger partial charge in [-0.1, -0.05) is 6.42 Å². The highest BCUT2D eigenvalue weighted by Crippen LogP contribution is 2.11. The third-order valence-electron chi connectivity index (χ3n) is 6.21. The molecule has 48 heavy (non-hydrogen) atoms. The van der Waals surface area contributed by atoms with E-state index in [1.165, 1.54) is 0 Å². The lowest BCUT2D eigenvalue weighted by Crippen LogP contribution is -2.48. The van der Waals surface area contributed by atoms with E-state index in [1.807, 2.05) is 0 Å². The Morgan fingerprint density at radius 1 is 0.521 bits per heavy atom. The van der Waals surface area contributed by atoms with Crippen molar-refractivity contribution in [3.63, 3.8) is 0 Å². The average molecular weight is 688 g/mol. The highest BCUT2D eigenvalue weighted by Gasteiger charge is 2.25. The third-order valence-corrected chi connectivity index (χ3v) is 6.21. The van der Waals surface area contributed by atoms with Crippen LogP contribution in [0.25, 0.3) is 0 Å². The van der Waals surface area contributed by atoms with Gasteiger partial charge >= 0.3 is 24.2 Å². The number of amides is 5. The summed E-state index contributed by atoms with van der Waals surface area (Å²) in [7, 11) is 0. The molecular weight excluding hydrogens is 626 g/mol. The van der Waals surface area contributed by atoms with E-state index < -0.39 is 53.1 Å². The molecule has 6 N–H and O–H groups in total. The molecule has 0 aliphatic rings. The van der Waals surface area contributed by atoms with Gasteiger partial charge in [0, 0.05) is 26.1 Å². The highest BCUT2D eigenvalue weighted by atomic mass is 16.6. The Morgan fingerprint density at radius 2 is 0.938 bits per heavy atom. The second-order valence-electron chi connectivity index (χ2n) is 14.6. The topological polar surface area (TPSA) is 210 Å². The molecule has 0 aromatic heterocycles. The lowest BCUT2D eigenvalue weighted by atomic mass is 10.1. The van der Waals surface area contributed by atoms with Crippen molar-refractivity contribution in [3.8, 4) is 0 Å². The summed E-state index contributed by atoms with van der Waals surface area (Å²) in [4.78, 5) is 72.5. The zero-order valence-electron chi connectivity index (χ0n) is 30.5. The summed E-state index contributed by atoms with van der Waals surface area (Å²) in [6.45, 7) is 16.7. The number of carbonyl (C=O) groups excluding carboxylic acids is 5. The van der Waals surface area contributed by atoms with E-state index in [2.05, 4.69) is 26.6 Å². The summed E-state index contributed by atoms with van der Waals surface area (Å²) in [6, 6.07) is -1.89. The van der Waals surface area contributed by atoms with E-state index >= 15 is 0 Å². The molecule has 2 atom stereocenters. The van der Waals surface area contributed by atoms with Gasteiger partial charge in [0.1, 0.15) is 28.9 Å². The van der Waals surface area contributed by atoms with Crippen LogP contribution in [0.5, 0.6) is 0 Å². The first-order valence-corrected chi connectivity index (χ1v) is 16.8. The third kappa shape index (κ3) is 26.3. The summed E-state index contributed by atoms with van der Waals surface area (Å²) in [5, 5.41) is 22.7. The number of carboxylic acid groups (broad SMARTS) is 1. The Kier molecular flexibility index (Phi) is 20.2. The number of hydrogen-bond donors (Lipinski definition) is 6. The molecule has 0 radical (unpaired) electrons. The summed E-state index contributed by atoms with van der Waals surface area (Å²) in [6.07, 6.45) is 2.99. The fraction of sp³-hybridized carbons (Fsp3) is 0.818. The molecular formula is C33H61N5O10. The SMILES string of the molecule is CC(C)(C)OC(=O)NCCCC[C@H](NC(=O)OC(C)(C)C)C(=O)NCCCCCC(=O)NCCCC[C@H](NC(=O)OC(C)(C)C)C(=O)O. The minimum atomic E-state index is -1.15. The summed E-state index contributed by atoms with van der Waals surface area (Å²) in [5.74, 6) is -1.62. The van der Waals surface area contributed by atoms with E-state index in [-0.39, 0.29) is 18.2 Å². The molecule has 0 rings (SSSR count). The molecule has 278 valence electrons. The van der Waals surface area contributed by atoms with Gasteiger partial charge in [0.2, 0.25) is 11.8 Å². The molecule has 0 saturated carbocycles. The van der Waals surface area contributed by atoms with Crippen LogP contribution >= 0.6 is 0 Å². The second kappa shape index (κ2) is 22.0. The smallest absolute Gasteiger partial charge is 0.408 e. The van der Waals surface area contributed by atoms with Crippen LogP contribution in [-0.2, 0) is 28.6 Å². The predicted molar refractivity (Wildman–Crippen MR) is 180 cm³/mol.